The molecule has 0 spiro atoms. The van der Waals surface area contributed by atoms with Gasteiger partial charge in [-0.1, -0.05) is 25.4 Å². The lowest BCUT2D eigenvalue weighted by Crippen LogP contribution is -2.15. The van der Waals surface area contributed by atoms with Crippen molar-refractivity contribution < 1.29 is 4.74 Å². The number of nitrogens with two attached hydrogens (primary N) is 1. The molecule has 2 N–H and O–H groups in total. The van der Waals surface area contributed by atoms with E-state index in [1.807, 2.05) is 6.07 Å². The highest BCUT2D eigenvalue weighted by Gasteiger charge is 2.41. The Kier molecular flexibility index (Phi) is 2.05. The minimum absolute atomic E-state index is 0.0481. The second-order valence-electron chi connectivity index (χ2n) is 5.43. The Balaban J connectivity index is 2.33. The quantitative estimate of drug-likeness (QED) is 0.753. The van der Waals surface area contributed by atoms with Crippen molar-refractivity contribution in [3.05, 3.63) is 27.8 Å². The smallest absolute Gasteiger partial charge is 0.126 e. The van der Waals surface area contributed by atoms with Crippen LogP contribution >= 0.6 is 11.6 Å². The van der Waals surface area contributed by atoms with Crippen LogP contribution in [-0.4, -0.2) is 6.61 Å². The highest BCUT2D eigenvalue weighted by Crippen LogP contribution is 2.52. The van der Waals surface area contributed by atoms with Crippen LogP contribution in [-0.2, 0) is 11.8 Å². The van der Waals surface area contributed by atoms with Crippen LogP contribution in [0.4, 0.5) is 0 Å². The Morgan fingerprint density at radius 1 is 1.50 bits per heavy atom. The Morgan fingerprint density at radius 3 is 3.00 bits per heavy atom. The number of benzene rings is 1. The molecule has 0 unspecified atom stereocenters. The molecule has 1 atom stereocenters. The van der Waals surface area contributed by atoms with Gasteiger partial charge >= 0.3 is 0 Å². The molecule has 1 aromatic carbocycles. The van der Waals surface area contributed by atoms with E-state index in [-0.39, 0.29) is 11.5 Å². The van der Waals surface area contributed by atoms with Crippen LogP contribution < -0.4 is 10.5 Å². The molecule has 1 heterocycles. The summed E-state index contributed by atoms with van der Waals surface area (Å²) in [6, 6.07) is 2.08. The molecular weight excluding hydrogens is 222 g/mol. The lowest BCUT2D eigenvalue weighted by Gasteiger charge is -2.21. The minimum Gasteiger partial charge on any atom is -0.493 e. The Morgan fingerprint density at radius 2 is 2.25 bits per heavy atom. The summed E-state index contributed by atoms with van der Waals surface area (Å²) in [6.07, 6.45) is 1.91. The van der Waals surface area contributed by atoms with Crippen LogP contribution in [0.5, 0.6) is 5.75 Å². The molecule has 0 saturated carbocycles. The number of ether oxygens (including phenoxy) is 1. The van der Waals surface area contributed by atoms with Crippen LogP contribution in [0.15, 0.2) is 6.07 Å². The Hall–Kier alpha value is -0.730. The maximum Gasteiger partial charge on any atom is 0.126 e. The monoisotopic (exact) mass is 237 g/mol. The van der Waals surface area contributed by atoms with Gasteiger partial charge in [-0.2, -0.15) is 0 Å². The van der Waals surface area contributed by atoms with Gasteiger partial charge in [0.05, 0.1) is 6.61 Å². The van der Waals surface area contributed by atoms with Crippen molar-refractivity contribution >= 4 is 11.6 Å². The zero-order valence-corrected chi connectivity index (χ0v) is 10.4. The summed E-state index contributed by atoms with van der Waals surface area (Å²) in [7, 11) is 0. The van der Waals surface area contributed by atoms with E-state index in [2.05, 4.69) is 13.8 Å². The topological polar surface area (TPSA) is 35.2 Å². The van der Waals surface area contributed by atoms with E-state index in [0.29, 0.717) is 0 Å². The predicted molar refractivity (Wildman–Crippen MR) is 65.2 cm³/mol. The third-order valence-corrected chi connectivity index (χ3v) is 4.05. The van der Waals surface area contributed by atoms with Gasteiger partial charge in [-0.25, -0.2) is 0 Å². The molecular formula is C13H16ClNO. The number of hydrogen-bond acceptors (Lipinski definition) is 2. The Labute approximate surface area is 101 Å². The summed E-state index contributed by atoms with van der Waals surface area (Å²) in [5.74, 6) is 1.05. The molecule has 0 bridgehead atoms. The average molecular weight is 238 g/mol. The van der Waals surface area contributed by atoms with Gasteiger partial charge in [0.1, 0.15) is 5.75 Å². The number of halogens is 1. The van der Waals surface area contributed by atoms with Crippen molar-refractivity contribution in [2.45, 2.75) is 38.1 Å². The average Bonchev–Trinajstić information content (AvgIpc) is 2.68. The zero-order valence-electron chi connectivity index (χ0n) is 9.64. The lowest BCUT2D eigenvalue weighted by atomic mass is 9.85. The first kappa shape index (κ1) is 10.4. The zero-order chi connectivity index (χ0) is 11.5. The van der Waals surface area contributed by atoms with Crippen molar-refractivity contribution in [2.24, 2.45) is 5.73 Å². The van der Waals surface area contributed by atoms with E-state index in [9.17, 15) is 0 Å². The second-order valence-corrected chi connectivity index (χ2v) is 5.84. The molecule has 86 valence electrons. The van der Waals surface area contributed by atoms with Gasteiger partial charge < -0.3 is 10.5 Å². The van der Waals surface area contributed by atoms with Gasteiger partial charge in [0.2, 0.25) is 0 Å². The van der Waals surface area contributed by atoms with E-state index < -0.39 is 0 Å². The molecule has 1 aromatic rings. The van der Waals surface area contributed by atoms with E-state index in [1.54, 1.807) is 0 Å². The molecule has 1 aliphatic carbocycles. The van der Waals surface area contributed by atoms with Crippen LogP contribution in [0.25, 0.3) is 0 Å². The van der Waals surface area contributed by atoms with Gasteiger partial charge in [0.15, 0.2) is 0 Å². The third-order valence-electron chi connectivity index (χ3n) is 3.74. The maximum atomic E-state index is 6.34. The second kappa shape index (κ2) is 3.14. The fraction of sp³-hybridized carbons (Fsp3) is 0.538. The van der Waals surface area contributed by atoms with Gasteiger partial charge in [-0.05, 0) is 29.0 Å². The first-order valence-electron chi connectivity index (χ1n) is 5.75. The molecule has 0 aromatic heterocycles. The van der Waals surface area contributed by atoms with Crippen molar-refractivity contribution in [1.29, 1.82) is 0 Å². The molecule has 2 nitrogen and oxygen atoms in total. The van der Waals surface area contributed by atoms with E-state index in [1.165, 1.54) is 11.1 Å². The van der Waals surface area contributed by atoms with Crippen molar-refractivity contribution in [3.63, 3.8) is 0 Å². The summed E-state index contributed by atoms with van der Waals surface area (Å²) in [5, 5.41) is 0.817. The summed E-state index contributed by atoms with van der Waals surface area (Å²) < 4.78 is 5.77. The number of hydrogen-bond donors (Lipinski definition) is 1. The van der Waals surface area contributed by atoms with E-state index >= 15 is 0 Å². The van der Waals surface area contributed by atoms with Gasteiger partial charge in [-0.15, -0.1) is 0 Å². The van der Waals surface area contributed by atoms with Crippen molar-refractivity contribution in [3.8, 4) is 5.75 Å². The van der Waals surface area contributed by atoms with Crippen molar-refractivity contribution in [2.75, 3.05) is 6.61 Å². The predicted octanol–water partition coefficient (Wildman–Crippen LogP) is 2.96. The number of rotatable bonds is 0. The highest BCUT2D eigenvalue weighted by molar-refractivity contribution is 6.31. The minimum atomic E-state index is 0.0481. The van der Waals surface area contributed by atoms with Gasteiger partial charge in [-0.3, -0.25) is 0 Å². The molecule has 0 saturated heterocycles. The van der Waals surface area contributed by atoms with Crippen LogP contribution in [0, 0.1) is 0 Å². The maximum absolute atomic E-state index is 6.34. The van der Waals surface area contributed by atoms with Gasteiger partial charge in [0.25, 0.3) is 0 Å². The molecule has 0 amide bonds. The van der Waals surface area contributed by atoms with E-state index in [0.717, 1.165) is 35.8 Å². The summed E-state index contributed by atoms with van der Waals surface area (Å²) in [5.41, 5.74) is 9.85. The summed E-state index contributed by atoms with van der Waals surface area (Å²) in [4.78, 5) is 0. The molecule has 16 heavy (non-hydrogen) atoms. The molecule has 0 fully saturated rings. The third kappa shape index (κ3) is 1.23. The fourth-order valence-corrected chi connectivity index (χ4v) is 3.47. The highest BCUT2D eigenvalue weighted by atomic mass is 35.5. The van der Waals surface area contributed by atoms with Crippen LogP contribution in [0.1, 0.15) is 43.0 Å². The number of fused-ring (bicyclic) bond motifs is 3. The van der Waals surface area contributed by atoms with Crippen LogP contribution in [0.3, 0.4) is 0 Å². The van der Waals surface area contributed by atoms with E-state index in [4.69, 9.17) is 22.1 Å². The first-order chi connectivity index (χ1) is 7.50. The SMILES string of the molecule is CC1(C)C[C@H](N)c2c(Cl)cc3c(c21)OCC3. The lowest BCUT2D eigenvalue weighted by molar-refractivity contribution is 0.345. The molecule has 0 radical (unpaired) electrons. The fourth-order valence-electron chi connectivity index (χ4n) is 3.10. The largest absolute Gasteiger partial charge is 0.493 e. The summed E-state index contributed by atoms with van der Waals surface area (Å²) >= 11 is 6.34. The summed E-state index contributed by atoms with van der Waals surface area (Å²) in [6.45, 7) is 5.21. The normalized spacial score (nSPS) is 25.1. The standard InChI is InChI=1S/C13H16ClNO/c1-13(2)6-9(15)10-8(14)5-7-3-4-16-12(7)11(10)13/h5,9H,3-4,6,15H2,1-2H3/t9-/m0/s1. The molecule has 3 heteroatoms. The van der Waals surface area contributed by atoms with Crippen LogP contribution in [0.2, 0.25) is 5.02 Å². The molecule has 2 aliphatic rings. The molecule has 3 rings (SSSR count). The van der Waals surface area contributed by atoms with Gasteiger partial charge in [0, 0.05) is 23.0 Å². The van der Waals surface area contributed by atoms with Crippen molar-refractivity contribution in [1.82, 2.24) is 0 Å². The molecule has 1 aliphatic heterocycles. The first-order valence-corrected chi connectivity index (χ1v) is 6.12. The Bertz CT molecular complexity index is 467.